The van der Waals surface area contributed by atoms with Gasteiger partial charge in [0, 0.05) is 39.1 Å². The van der Waals surface area contributed by atoms with E-state index in [2.05, 4.69) is 44.6 Å². The van der Waals surface area contributed by atoms with E-state index in [-0.39, 0.29) is 5.91 Å². The third-order valence-corrected chi connectivity index (χ3v) is 4.72. The van der Waals surface area contributed by atoms with Crippen LogP contribution in [0.2, 0.25) is 0 Å². The molecule has 6 heteroatoms. The molecule has 0 unspecified atom stereocenters. The topological polar surface area (TPSA) is 63.1 Å². The number of nitrogens with zero attached hydrogens (tertiary/aromatic N) is 4. The van der Waals surface area contributed by atoms with Gasteiger partial charge in [0.25, 0.3) is 5.91 Å². The Kier molecular flexibility index (Phi) is 5.44. The van der Waals surface area contributed by atoms with Crippen LogP contribution in [0.4, 0.5) is 5.69 Å². The van der Waals surface area contributed by atoms with Crippen molar-refractivity contribution in [3.63, 3.8) is 0 Å². The second-order valence-electron chi connectivity index (χ2n) is 7.14. The first-order valence-electron chi connectivity index (χ1n) is 9.22. The number of benzene rings is 1. The molecule has 2 heterocycles. The van der Waals surface area contributed by atoms with Crippen LogP contribution in [0.1, 0.15) is 33.7 Å². The summed E-state index contributed by atoms with van der Waals surface area (Å²) in [7, 11) is 5.92. The lowest BCUT2D eigenvalue weighted by Crippen LogP contribution is -2.25. The maximum Gasteiger partial charge on any atom is 0.252 e. The van der Waals surface area contributed by atoms with Crippen LogP contribution in [0.15, 0.2) is 30.3 Å². The standard InChI is InChI=1S/C21H27N5O/c1-14-13-18(19-15(2)24-26(5)20(19)23-14)21(27)22-12-6-7-16-8-10-17(11-9-16)25(3)4/h8-11,13H,6-7,12H2,1-5H3,(H,22,27). The van der Waals surface area contributed by atoms with E-state index in [1.807, 2.05) is 41.1 Å². The molecule has 0 fully saturated rings. The van der Waals surface area contributed by atoms with Crippen LogP contribution < -0.4 is 10.2 Å². The number of anilines is 1. The largest absolute Gasteiger partial charge is 0.378 e. The smallest absolute Gasteiger partial charge is 0.252 e. The van der Waals surface area contributed by atoms with Gasteiger partial charge in [-0.2, -0.15) is 5.10 Å². The number of aromatic nitrogens is 3. The Bertz CT molecular complexity index is 957. The molecule has 0 bridgehead atoms. The number of hydrogen-bond donors (Lipinski definition) is 1. The highest BCUT2D eigenvalue weighted by Gasteiger charge is 2.17. The van der Waals surface area contributed by atoms with Crippen molar-refractivity contribution in [1.29, 1.82) is 0 Å². The van der Waals surface area contributed by atoms with Gasteiger partial charge in [-0.05, 0) is 50.5 Å². The van der Waals surface area contributed by atoms with Crippen molar-refractivity contribution in [3.05, 3.63) is 52.8 Å². The van der Waals surface area contributed by atoms with Gasteiger partial charge in [0.15, 0.2) is 5.65 Å². The van der Waals surface area contributed by atoms with Crippen LogP contribution in [0.5, 0.6) is 0 Å². The fourth-order valence-electron chi connectivity index (χ4n) is 3.30. The average Bonchev–Trinajstić information content (AvgIpc) is 2.92. The van der Waals surface area contributed by atoms with Gasteiger partial charge in [0.1, 0.15) is 0 Å². The predicted molar refractivity (Wildman–Crippen MR) is 109 cm³/mol. The molecular formula is C21H27N5O. The zero-order chi connectivity index (χ0) is 19.6. The number of hydrogen-bond acceptors (Lipinski definition) is 4. The Morgan fingerprint density at radius 1 is 1.19 bits per heavy atom. The molecule has 0 radical (unpaired) electrons. The molecule has 1 amide bonds. The van der Waals surface area contributed by atoms with Crippen molar-refractivity contribution in [3.8, 4) is 0 Å². The molecule has 0 spiro atoms. The molecular weight excluding hydrogens is 338 g/mol. The van der Waals surface area contributed by atoms with Crippen molar-refractivity contribution in [1.82, 2.24) is 20.1 Å². The summed E-state index contributed by atoms with van der Waals surface area (Å²) in [6.07, 6.45) is 1.83. The quantitative estimate of drug-likeness (QED) is 0.682. The lowest BCUT2D eigenvalue weighted by atomic mass is 10.1. The molecule has 0 aliphatic carbocycles. The highest BCUT2D eigenvalue weighted by molar-refractivity contribution is 6.06. The average molecular weight is 365 g/mol. The fraction of sp³-hybridized carbons (Fsp3) is 0.381. The highest BCUT2D eigenvalue weighted by Crippen LogP contribution is 2.21. The molecule has 6 nitrogen and oxygen atoms in total. The Balaban J connectivity index is 1.62. The number of rotatable bonds is 6. The second kappa shape index (κ2) is 7.78. The molecule has 1 N–H and O–H groups in total. The molecule has 0 saturated carbocycles. The monoisotopic (exact) mass is 365 g/mol. The van der Waals surface area contributed by atoms with Crippen LogP contribution in [0.3, 0.4) is 0 Å². The molecule has 0 saturated heterocycles. The summed E-state index contributed by atoms with van der Waals surface area (Å²) in [6.45, 7) is 4.44. The Hall–Kier alpha value is -2.89. The highest BCUT2D eigenvalue weighted by atomic mass is 16.1. The summed E-state index contributed by atoms with van der Waals surface area (Å²) in [5, 5.41) is 8.28. The van der Waals surface area contributed by atoms with E-state index in [9.17, 15) is 4.79 Å². The maximum atomic E-state index is 12.7. The fourth-order valence-corrected chi connectivity index (χ4v) is 3.30. The van der Waals surface area contributed by atoms with Gasteiger partial charge >= 0.3 is 0 Å². The minimum Gasteiger partial charge on any atom is -0.378 e. The molecule has 0 aliphatic heterocycles. The summed E-state index contributed by atoms with van der Waals surface area (Å²) in [5.74, 6) is -0.0652. The molecule has 27 heavy (non-hydrogen) atoms. The predicted octanol–water partition coefficient (Wildman–Crippen LogP) is 3.01. The number of carbonyl (C=O) groups excluding carboxylic acids is 1. The van der Waals surface area contributed by atoms with Crippen LogP contribution in [0, 0.1) is 13.8 Å². The Labute approximate surface area is 160 Å². The number of amides is 1. The summed E-state index contributed by atoms with van der Waals surface area (Å²) in [5.41, 5.74) is 5.51. The van der Waals surface area contributed by atoms with Crippen LogP contribution in [0.25, 0.3) is 11.0 Å². The maximum absolute atomic E-state index is 12.7. The van der Waals surface area contributed by atoms with Crippen LogP contribution in [-0.2, 0) is 13.5 Å². The van der Waals surface area contributed by atoms with Gasteiger partial charge in [-0.1, -0.05) is 12.1 Å². The van der Waals surface area contributed by atoms with Gasteiger partial charge in [-0.3, -0.25) is 9.48 Å². The Morgan fingerprint density at radius 3 is 2.56 bits per heavy atom. The zero-order valence-electron chi connectivity index (χ0n) is 16.7. The van der Waals surface area contributed by atoms with Crippen LogP contribution in [-0.4, -0.2) is 41.3 Å². The summed E-state index contributed by atoms with van der Waals surface area (Å²) in [6, 6.07) is 10.4. The third-order valence-electron chi connectivity index (χ3n) is 4.72. The molecule has 142 valence electrons. The van der Waals surface area contributed by atoms with E-state index in [1.165, 1.54) is 11.3 Å². The summed E-state index contributed by atoms with van der Waals surface area (Å²) in [4.78, 5) is 19.3. The SMILES string of the molecule is Cc1cc(C(=O)NCCCc2ccc(N(C)C)cc2)c2c(C)nn(C)c2n1. The molecule has 0 atom stereocenters. The van der Waals surface area contributed by atoms with Crippen molar-refractivity contribution in [2.45, 2.75) is 26.7 Å². The van der Waals surface area contributed by atoms with Gasteiger partial charge in [0.05, 0.1) is 16.6 Å². The van der Waals surface area contributed by atoms with E-state index in [4.69, 9.17) is 0 Å². The first-order chi connectivity index (χ1) is 12.9. The van der Waals surface area contributed by atoms with E-state index in [0.717, 1.165) is 35.3 Å². The molecule has 3 aromatic rings. The molecule has 3 rings (SSSR count). The molecule has 1 aromatic carbocycles. The number of carbonyl (C=O) groups is 1. The second-order valence-corrected chi connectivity index (χ2v) is 7.14. The number of pyridine rings is 1. The lowest BCUT2D eigenvalue weighted by Gasteiger charge is -2.12. The zero-order valence-corrected chi connectivity index (χ0v) is 16.7. The third kappa shape index (κ3) is 4.10. The summed E-state index contributed by atoms with van der Waals surface area (Å²) < 4.78 is 1.73. The van der Waals surface area contributed by atoms with Crippen molar-refractivity contribution >= 4 is 22.6 Å². The Morgan fingerprint density at radius 2 is 1.89 bits per heavy atom. The first-order valence-corrected chi connectivity index (χ1v) is 9.22. The van der Waals surface area contributed by atoms with E-state index in [0.29, 0.717) is 12.1 Å². The van der Waals surface area contributed by atoms with Crippen molar-refractivity contribution < 1.29 is 4.79 Å². The number of aryl methyl sites for hydroxylation is 4. The van der Waals surface area contributed by atoms with Crippen LogP contribution >= 0.6 is 0 Å². The van der Waals surface area contributed by atoms with Gasteiger partial charge in [-0.25, -0.2) is 4.98 Å². The number of fused-ring (bicyclic) bond motifs is 1. The van der Waals surface area contributed by atoms with Gasteiger partial charge in [-0.15, -0.1) is 0 Å². The normalized spacial score (nSPS) is 11.0. The van der Waals surface area contributed by atoms with Gasteiger partial charge < -0.3 is 10.2 Å². The molecule has 0 aliphatic rings. The van der Waals surface area contributed by atoms with E-state index in [1.54, 1.807) is 4.68 Å². The first kappa shape index (κ1) is 18.9. The summed E-state index contributed by atoms with van der Waals surface area (Å²) >= 11 is 0. The van der Waals surface area contributed by atoms with Crippen molar-refractivity contribution in [2.24, 2.45) is 7.05 Å². The van der Waals surface area contributed by atoms with E-state index >= 15 is 0 Å². The van der Waals surface area contributed by atoms with Gasteiger partial charge in [0.2, 0.25) is 0 Å². The minimum absolute atomic E-state index is 0.0652. The van der Waals surface area contributed by atoms with E-state index < -0.39 is 0 Å². The lowest BCUT2D eigenvalue weighted by molar-refractivity contribution is 0.0954. The van der Waals surface area contributed by atoms with Crippen molar-refractivity contribution in [2.75, 3.05) is 25.5 Å². The number of nitrogens with one attached hydrogen (secondary N) is 1. The minimum atomic E-state index is -0.0652. The molecule has 2 aromatic heterocycles.